The van der Waals surface area contributed by atoms with Crippen LogP contribution in [-0.2, 0) is 11.2 Å². The Labute approximate surface area is 140 Å². The van der Waals surface area contributed by atoms with Gasteiger partial charge in [0, 0.05) is 37.1 Å². The van der Waals surface area contributed by atoms with Crippen molar-refractivity contribution in [2.45, 2.75) is 32.6 Å². The fourth-order valence-corrected chi connectivity index (χ4v) is 3.48. The number of pyridine rings is 1. The number of aryl methyl sites for hydroxylation is 2. The molecule has 6 heteroatoms. The zero-order valence-electron chi connectivity index (χ0n) is 14.0. The Morgan fingerprint density at radius 1 is 1.38 bits per heavy atom. The zero-order valence-corrected chi connectivity index (χ0v) is 14.0. The van der Waals surface area contributed by atoms with Gasteiger partial charge in [0.15, 0.2) is 0 Å². The third-order valence-corrected chi connectivity index (χ3v) is 4.80. The Hall–Kier alpha value is -2.63. The molecule has 0 aromatic carbocycles. The second-order valence-electron chi connectivity index (χ2n) is 6.53. The van der Waals surface area contributed by atoms with Gasteiger partial charge in [-0.05, 0) is 32.4 Å². The Morgan fingerprint density at radius 3 is 3.04 bits per heavy atom. The first-order valence-corrected chi connectivity index (χ1v) is 8.33. The lowest BCUT2D eigenvalue weighted by Gasteiger charge is -2.16. The van der Waals surface area contributed by atoms with E-state index in [9.17, 15) is 4.79 Å². The third kappa shape index (κ3) is 2.58. The summed E-state index contributed by atoms with van der Waals surface area (Å²) in [7, 11) is 0. The molecule has 1 amide bonds. The van der Waals surface area contributed by atoms with Crippen LogP contribution in [0.5, 0.6) is 0 Å². The van der Waals surface area contributed by atoms with Crippen LogP contribution in [-0.4, -0.2) is 43.2 Å². The summed E-state index contributed by atoms with van der Waals surface area (Å²) in [5.41, 5.74) is 3.86. The summed E-state index contributed by atoms with van der Waals surface area (Å²) in [6.45, 7) is 5.50. The van der Waals surface area contributed by atoms with Crippen LogP contribution in [0.2, 0.25) is 0 Å². The average Bonchev–Trinajstić information content (AvgIpc) is 3.27. The Morgan fingerprint density at radius 2 is 2.25 bits per heavy atom. The molecule has 0 unspecified atom stereocenters. The van der Waals surface area contributed by atoms with Crippen LogP contribution in [0.3, 0.4) is 0 Å². The molecule has 1 atom stereocenters. The molecular formula is C18H21N5O. The third-order valence-electron chi connectivity index (χ3n) is 4.80. The average molecular weight is 323 g/mol. The maximum atomic E-state index is 12.7. The predicted molar refractivity (Wildman–Crippen MR) is 90.9 cm³/mol. The van der Waals surface area contributed by atoms with Crippen molar-refractivity contribution in [2.75, 3.05) is 13.1 Å². The first-order chi connectivity index (χ1) is 11.6. The lowest BCUT2D eigenvalue weighted by atomic mass is 10.1. The lowest BCUT2D eigenvalue weighted by molar-refractivity contribution is -0.129. The Kier molecular flexibility index (Phi) is 3.59. The number of carbonyl (C=O) groups is 1. The number of hydrogen-bond donors (Lipinski definition) is 1. The number of nitrogens with one attached hydrogen (secondary N) is 1. The van der Waals surface area contributed by atoms with Crippen molar-refractivity contribution >= 4 is 11.6 Å². The van der Waals surface area contributed by atoms with Crippen molar-refractivity contribution in [1.82, 2.24) is 24.3 Å². The number of aromatic nitrogens is 4. The van der Waals surface area contributed by atoms with Crippen LogP contribution >= 0.6 is 0 Å². The number of imidazole rings is 2. The molecule has 1 fully saturated rings. The summed E-state index contributed by atoms with van der Waals surface area (Å²) in [6.07, 6.45) is 5.17. The van der Waals surface area contributed by atoms with E-state index in [-0.39, 0.29) is 5.91 Å². The molecule has 1 saturated heterocycles. The summed E-state index contributed by atoms with van der Waals surface area (Å²) in [4.78, 5) is 26.9. The van der Waals surface area contributed by atoms with Crippen LogP contribution in [0.1, 0.15) is 35.2 Å². The number of carbonyl (C=O) groups excluding carboxylic acids is 1. The van der Waals surface area contributed by atoms with E-state index in [1.165, 1.54) is 0 Å². The van der Waals surface area contributed by atoms with E-state index in [2.05, 4.69) is 15.0 Å². The molecule has 3 aromatic rings. The minimum atomic E-state index is 0.162. The van der Waals surface area contributed by atoms with Crippen LogP contribution < -0.4 is 0 Å². The summed E-state index contributed by atoms with van der Waals surface area (Å²) >= 11 is 0. The number of nitrogens with zero attached hydrogens (tertiary/aromatic N) is 4. The van der Waals surface area contributed by atoms with Crippen molar-refractivity contribution in [2.24, 2.45) is 0 Å². The molecule has 0 saturated carbocycles. The second-order valence-corrected chi connectivity index (χ2v) is 6.53. The van der Waals surface area contributed by atoms with Gasteiger partial charge in [-0.15, -0.1) is 0 Å². The maximum Gasteiger partial charge on any atom is 0.228 e. The van der Waals surface area contributed by atoms with E-state index in [0.717, 1.165) is 48.1 Å². The number of fused-ring (bicyclic) bond motifs is 1. The van der Waals surface area contributed by atoms with Gasteiger partial charge in [0.1, 0.15) is 11.5 Å². The zero-order chi connectivity index (χ0) is 16.7. The molecule has 1 aliphatic heterocycles. The van der Waals surface area contributed by atoms with Crippen LogP contribution in [0.25, 0.3) is 5.65 Å². The summed E-state index contributed by atoms with van der Waals surface area (Å²) < 4.78 is 2.01. The maximum absolute atomic E-state index is 12.7. The van der Waals surface area contributed by atoms with Gasteiger partial charge in [0.05, 0.1) is 17.8 Å². The molecule has 0 aliphatic carbocycles. The molecule has 0 spiro atoms. The Balaban J connectivity index is 1.49. The normalized spacial score (nSPS) is 17.8. The molecular weight excluding hydrogens is 302 g/mol. The van der Waals surface area contributed by atoms with E-state index in [1.807, 2.05) is 53.7 Å². The van der Waals surface area contributed by atoms with Gasteiger partial charge in [0.2, 0.25) is 5.91 Å². The smallest absolute Gasteiger partial charge is 0.228 e. The number of amides is 1. The Bertz CT molecular complexity index is 894. The summed E-state index contributed by atoms with van der Waals surface area (Å²) in [6, 6.07) is 5.89. The number of rotatable bonds is 3. The quantitative estimate of drug-likeness (QED) is 0.804. The largest absolute Gasteiger partial charge is 0.346 e. The van der Waals surface area contributed by atoms with Gasteiger partial charge in [0.25, 0.3) is 0 Å². The summed E-state index contributed by atoms with van der Waals surface area (Å²) in [5, 5.41) is 0. The van der Waals surface area contributed by atoms with Gasteiger partial charge < -0.3 is 14.3 Å². The minimum Gasteiger partial charge on any atom is -0.346 e. The fourth-order valence-electron chi connectivity index (χ4n) is 3.48. The molecule has 0 bridgehead atoms. The molecule has 0 radical (unpaired) electrons. The monoisotopic (exact) mass is 323 g/mol. The molecule has 24 heavy (non-hydrogen) atoms. The van der Waals surface area contributed by atoms with E-state index in [4.69, 9.17) is 0 Å². The van der Waals surface area contributed by atoms with Crippen LogP contribution in [0.15, 0.2) is 30.6 Å². The molecule has 1 aliphatic rings. The predicted octanol–water partition coefficient (Wildman–Crippen LogP) is 2.23. The molecule has 1 N–H and O–H groups in total. The highest BCUT2D eigenvalue weighted by Crippen LogP contribution is 2.26. The van der Waals surface area contributed by atoms with Crippen molar-refractivity contribution in [1.29, 1.82) is 0 Å². The molecule has 124 valence electrons. The number of hydrogen-bond acceptors (Lipinski definition) is 3. The van der Waals surface area contributed by atoms with Crippen molar-refractivity contribution in [3.63, 3.8) is 0 Å². The van der Waals surface area contributed by atoms with E-state index in [0.29, 0.717) is 12.3 Å². The van der Waals surface area contributed by atoms with Crippen molar-refractivity contribution in [3.05, 3.63) is 53.5 Å². The van der Waals surface area contributed by atoms with Gasteiger partial charge in [-0.3, -0.25) is 4.79 Å². The van der Waals surface area contributed by atoms with E-state index >= 15 is 0 Å². The van der Waals surface area contributed by atoms with Crippen molar-refractivity contribution in [3.8, 4) is 0 Å². The highest BCUT2D eigenvalue weighted by Gasteiger charge is 2.29. The highest BCUT2D eigenvalue weighted by atomic mass is 16.2. The first kappa shape index (κ1) is 14.9. The molecule has 3 aromatic heterocycles. The highest BCUT2D eigenvalue weighted by molar-refractivity contribution is 5.79. The number of aromatic amines is 1. The SMILES string of the molecule is Cc1cnc([C@@H]2CCN(C(=O)Cc3c(C)nc4ccccn34)C2)[nH]1. The summed E-state index contributed by atoms with van der Waals surface area (Å²) in [5.74, 6) is 1.47. The topological polar surface area (TPSA) is 66.3 Å². The van der Waals surface area contributed by atoms with Gasteiger partial charge >= 0.3 is 0 Å². The van der Waals surface area contributed by atoms with Crippen LogP contribution in [0, 0.1) is 13.8 Å². The van der Waals surface area contributed by atoms with Gasteiger partial charge in [-0.1, -0.05) is 6.07 Å². The van der Waals surface area contributed by atoms with Gasteiger partial charge in [-0.2, -0.15) is 0 Å². The minimum absolute atomic E-state index is 0.162. The molecule has 6 nitrogen and oxygen atoms in total. The van der Waals surface area contributed by atoms with Crippen molar-refractivity contribution < 1.29 is 4.79 Å². The van der Waals surface area contributed by atoms with E-state index < -0.39 is 0 Å². The second kappa shape index (κ2) is 5.78. The fraction of sp³-hybridized carbons (Fsp3) is 0.389. The van der Waals surface area contributed by atoms with Crippen LogP contribution in [0.4, 0.5) is 0 Å². The van der Waals surface area contributed by atoms with E-state index in [1.54, 1.807) is 0 Å². The molecule has 4 rings (SSSR count). The number of H-pyrrole nitrogens is 1. The lowest BCUT2D eigenvalue weighted by Crippen LogP contribution is -2.30. The standard InChI is InChI=1S/C18H21N5O/c1-12-10-19-18(20-12)14-6-8-22(11-14)17(24)9-15-13(2)21-16-5-3-4-7-23(15)16/h3-5,7,10,14H,6,8-9,11H2,1-2H3,(H,19,20)/t14-/m1/s1. The number of likely N-dealkylation sites (tertiary alicyclic amines) is 1. The molecule has 4 heterocycles. The van der Waals surface area contributed by atoms with Gasteiger partial charge in [-0.25, -0.2) is 9.97 Å². The first-order valence-electron chi connectivity index (χ1n) is 8.33.